The largest absolute Gasteiger partial charge is 0.492 e. The number of halogens is 2. The highest BCUT2D eigenvalue weighted by Gasteiger charge is 2.11. The summed E-state index contributed by atoms with van der Waals surface area (Å²) in [5.41, 5.74) is 2.64. The molecule has 0 saturated carbocycles. The van der Waals surface area contributed by atoms with Crippen LogP contribution in [0.3, 0.4) is 0 Å². The van der Waals surface area contributed by atoms with E-state index in [2.05, 4.69) is 15.2 Å². The van der Waals surface area contributed by atoms with E-state index in [0.717, 1.165) is 60.4 Å². The molecule has 1 fully saturated rings. The number of rotatable bonds is 9. The average Bonchev–Trinajstić information content (AvgIpc) is 3.29. The smallest absolute Gasteiger partial charge is 0.226 e. The van der Waals surface area contributed by atoms with Gasteiger partial charge in [-0.05, 0) is 42.0 Å². The first-order chi connectivity index (χ1) is 16.1. The van der Waals surface area contributed by atoms with Crippen molar-refractivity contribution in [1.29, 1.82) is 0 Å². The molecule has 1 N–H and O–H groups in total. The summed E-state index contributed by atoms with van der Waals surface area (Å²) in [6, 6.07) is 13.2. The zero-order valence-electron chi connectivity index (χ0n) is 18.1. The molecule has 3 aromatic rings. The lowest BCUT2D eigenvalue weighted by Gasteiger charge is -2.26. The first-order valence-corrected chi connectivity index (χ1v) is 12.4. The maximum Gasteiger partial charge on any atom is 0.226 e. The standard InChI is InChI=1S/C24H25Cl2N3O3S/c25-21-6-1-17(13-22(21)26)15-27-23(30)14-19-16-33-24(28-19)18-2-4-20(5-3-18)32-12-9-29-7-10-31-11-8-29/h1-6,13,16H,7-12,14-15H2,(H,27,30). The van der Waals surface area contributed by atoms with E-state index in [1.54, 1.807) is 12.1 Å². The van der Waals surface area contributed by atoms with Crippen molar-refractivity contribution in [2.24, 2.45) is 0 Å². The van der Waals surface area contributed by atoms with Crippen molar-refractivity contribution in [2.45, 2.75) is 13.0 Å². The lowest BCUT2D eigenvalue weighted by Crippen LogP contribution is -2.38. The number of thiazole rings is 1. The number of morpholine rings is 1. The molecule has 0 unspecified atom stereocenters. The number of carbonyl (C=O) groups excluding carboxylic acids is 1. The van der Waals surface area contributed by atoms with Crippen LogP contribution in [0.4, 0.5) is 0 Å². The lowest BCUT2D eigenvalue weighted by atomic mass is 10.2. The molecule has 0 radical (unpaired) electrons. The summed E-state index contributed by atoms with van der Waals surface area (Å²) in [6.45, 7) is 5.45. The molecule has 6 nitrogen and oxygen atoms in total. The van der Waals surface area contributed by atoms with Gasteiger partial charge in [-0.2, -0.15) is 0 Å². The molecule has 1 amide bonds. The maximum absolute atomic E-state index is 12.3. The highest BCUT2D eigenvalue weighted by Crippen LogP contribution is 2.26. The molecule has 0 bridgehead atoms. The van der Waals surface area contributed by atoms with Gasteiger partial charge in [-0.25, -0.2) is 4.98 Å². The molecule has 4 rings (SSSR count). The minimum absolute atomic E-state index is 0.0954. The monoisotopic (exact) mass is 505 g/mol. The van der Waals surface area contributed by atoms with Gasteiger partial charge < -0.3 is 14.8 Å². The van der Waals surface area contributed by atoms with Gasteiger partial charge in [-0.3, -0.25) is 9.69 Å². The summed E-state index contributed by atoms with van der Waals surface area (Å²) in [7, 11) is 0. The number of aromatic nitrogens is 1. The first kappa shape index (κ1) is 24.0. The Hall–Kier alpha value is -2.16. The molecule has 0 spiro atoms. The number of amides is 1. The van der Waals surface area contributed by atoms with Gasteiger partial charge in [0.05, 0.1) is 35.4 Å². The van der Waals surface area contributed by atoms with E-state index in [9.17, 15) is 4.79 Å². The quantitative estimate of drug-likeness (QED) is 0.457. The van der Waals surface area contributed by atoms with Gasteiger partial charge in [0, 0.05) is 37.1 Å². The summed E-state index contributed by atoms with van der Waals surface area (Å²) in [5.74, 6) is 0.743. The molecule has 1 aliphatic rings. The SMILES string of the molecule is O=C(Cc1csc(-c2ccc(OCCN3CCOCC3)cc2)n1)NCc1ccc(Cl)c(Cl)c1. The molecule has 1 aliphatic heterocycles. The Kier molecular flexibility index (Phi) is 8.58. The summed E-state index contributed by atoms with van der Waals surface area (Å²) >= 11 is 13.5. The normalized spacial score (nSPS) is 14.2. The van der Waals surface area contributed by atoms with E-state index < -0.39 is 0 Å². The van der Waals surface area contributed by atoms with Crippen LogP contribution < -0.4 is 10.1 Å². The second kappa shape index (κ2) is 11.8. The number of hydrogen-bond acceptors (Lipinski definition) is 6. The average molecular weight is 506 g/mol. The second-order valence-corrected chi connectivity index (χ2v) is 9.35. The molecule has 0 aliphatic carbocycles. The van der Waals surface area contributed by atoms with E-state index in [-0.39, 0.29) is 12.3 Å². The predicted octanol–water partition coefficient (Wildman–Crippen LogP) is 4.69. The third-order valence-electron chi connectivity index (χ3n) is 5.25. The fourth-order valence-electron chi connectivity index (χ4n) is 3.41. The minimum atomic E-state index is -0.0954. The van der Waals surface area contributed by atoms with Crippen molar-refractivity contribution in [1.82, 2.24) is 15.2 Å². The fourth-order valence-corrected chi connectivity index (χ4v) is 4.56. The minimum Gasteiger partial charge on any atom is -0.492 e. The van der Waals surface area contributed by atoms with Crippen molar-refractivity contribution in [3.63, 3.8) is 0 Å². The number of hydrogen-bond donors (Lipinski definition) is 1. The van der Waals surface area contributed by atoms with Crippen molar-refractivity contribution in [3.05, 3.63) is 69.1 Å². The topological polar surface area (TPSA) is 63.7 Å². The Morgan fingerprint density at radius 2 is 1.91 bits per heavy atom. The van der Waals surface area contributed by atoms with Crippen molar-refractivity contribution in [2.75, 3.05) is 39.5 Å². The Morgan fingerprint density at radius 1 is 1.12 bits per heavy atom. The zero-order chi connectivity index (χ0) is 23.0. The van der Waals surface area contributed by atoms with E-state index in [0.29, 0.717) is 23.2 Å². The molecular formula is C24H25Cl2N3O3S. The van der Waals surface area contributed by atoms with E-state index in [1.165, 1.54) is 11.3 Å². The number of carbonyl (C=O) groups is 1. The number of benzene rings is 2. The highest BCUT2D eigenvalue weighted by atomic mass is 35.5. The van der Waals surface area contributed by atoms with E-state index in [1.807, 2.05) is 35.7 Å². The molecule has 2 heterocycles. The van der Waals surface area contributed by atoms with Gasteiger partial charge in [0.1, 0.15) is 17.4 Å². The number of nitrogens with one attached hydrogen (secondary N) is 1. The third-order valence-corrected chi connectivity index (χ3v) is 6.93. The molecule has 33 heavy (non-hydrogen) atoms. The fraction of sp³-hybridized carbons (Fsp3) is 0.333. The summed E-state index contributed by atoms with van der Waals surface area (Å²) in [6.07, 6.45) is 0.223. The van der Waals surface area contributed by atoms with Crippen LogP contribution in [-0.2, 0) is 22.5 Å². The van der Waals surface area contributed by atoms with Gasteiger partial charge in [-0.1, -0.05) is 29.3 Å². The summed E-state index contributed by atoms with van der Waals surface area (Å²) in [4.78, 5) is 19.3. The molecule has 0 atom stereocenters. The zero-order valence-corrected chi connectivity index (χ0v) is 20.4. The van der Waals surface area contributed by atoms with Crippen LogP contribution in [0.25, 0.3) is 10.6 Å². The van der Waals surface area contributed by atoms with Crippen LogP contribution in [0.5, 0.6) is 5.75 Å². The Morgan fingerprint density at radius 3 is 2.67 bits per heavy atom. The Balaban J connectivity index is 1.24. The van der Waals surface area contributed by atoms with Crippen LogP contribution in [-0.4, -0.2) is 55.2 Å². The molecule has 2 aromatic carbocycles. The van der Waals surface area contributed by atoms with Crippen LogP contribution in [0, 0.1) is 0 Å². The van der Waals surface area contributed by atoms with E-state index >= 15 is 0 Å². The lowest BCUT2D eigenvalue weighted by molar-refractivity contribution is -0.120. The summed E-state index contributed by atoms with van der Waals surface area (Å²) in [5, 5.41) is 6.65. The van der Waals surface area contributed by atoms with Gasteiger partial charge in [0.15, 0.2) is 0 Å². The van der Waals surface area contributed by atoms with Crippen molar-refractivity contribution in [3.8, 4) is 16.3 Å². The number of ether oxygens (including phenoxy) is 2. The van der Waals surface area contributed by atoms with Crippen LogP contribution in [0.1, 0.15) is 11.3 Å². The summed E-state index contributed by atoms with van der Waals surface area (Å²) < 4.78 is 11.2. The Labute approximate surface area is 207 Å². The van der Waals surface area contributed by atoms with Gasteiger partial charge in [0.25, 0.3) is 0 Å². The molecular weight excluding hydrogens is 481 g/mol. The van der Waals surface area contributed by atoms with Crippen LogP contribution >= 0.6 is 34.5 Å². The van der Waals surface area contributed by atoms with Crippen LogP contribution in [0.2, 0.25) is 10.0 Å². The van der Waals surface area contributed by atoms with E-state index in [4.69, 9.17) is 32.7 Å². The molecule has 174 valence electrons. The third kappa shape index (κ3) is 7.16. The molecule has 1 saturated heterocycles. The second-order valence-electron chi connectivity index (χ2n) is 7.67. The highest BCUT2D eigenvalue weighted by molar-refractivity contribution is 7.13. The predicted molar refractivity (Wildman–Crippen MR) is 132 cm³/mol. The van der Waals surface area contributed by atoms with Gasteiger partial charge >= 0.3 is 0 Å². The van der Waals surface area contributed by atoms with Gasteiger partial charge in [0.2, 0.25) is 5.91 Å². The van der Waals surface area contributed by atoms with Crippen molar-refractivity contribution < 1.29 is 14.3 Å². The van der Waals surface area contributed by atoms with Gasteiger partial charge in [-0.15, -0.1) is 11.3 Å². The molecule has 1 aromatic heterocycles. The van der Waals surface area contributed by atoms with Crippen molar-refractivity contribution >= 4 is 40.4 Å². The number of nitrogens with zero attached hydrogens (tertiary/aromatic N) is 2. The first-order valence-electron chi connectivity index (χ1n) is 10.8. The Bertz CT molecular complexity index is 1070. The molecule has 9 heteroatoms. The maximum atomic E-state index is 12.3. The van der Waals surface area contributed by atoms with Crippen LogP contribution in [0.15, 0.2) is 47.8 Å².